The largest absolute Gasteiger partial charge is 0.396 e. The van der Waals surface area contributed by atoms with Crippen molar-refractivity contribution in [1.29, 1.82) is 0 Å². The second-order valence-electron chi connectivity index (χ2n) is 6.39. The third-order valence-electron chi connectivity index (χ3n) is 5.34. The molecule has 6 heteroatoms. The van der Waals surface area contributed by atoms with Crippen molar-refractivity contribution in [2.45, 2.75) is 32.2 Å². The van der Waals surface area contributed by atoms with Crippen molar-refractivity contribution in [3.8, 4) is 0 Å². The molecule has 118 valence electrons. The van der Waals surface area contributed by atoms with Gasteiger partial charge in [0.1, 0.15) is 0 Å². The Morgan fingerprint density at radius 1 is 1.41 bits per heavy atom. The van der Waals surface area contributed by atoms with Gasteiger partial charge in [-0.2, -0.15) is 0 Å². The van der Waals surface area contributed by atoms with Gasteiger partial charge in [-0.05, 0) is 44.1 Å². The molecule has 2 fully saturated rings. The summed E-state index contributed by atoms with van der Waals surface area (Å²) in [4.78, 5) is 23.0. The Labute approximate surface area is 128 Å². The summed E-state index contributed by atoms with van der Waals surface area (Å²) in [6.45, 7) is 1.68. The first-order chi connectivity index (χ1) is 10.5. The molecule has 0 heterocycles. The molecule has 0 radical (unpaired) electrons. The lowest BCUT2D eigenvalue weighted by molar-refractivity contribution is -0.385. The molecular weight excluding hydrogens is 284 g/mol. The van der Waals surface area contributed by atoms with Crippen LogP contribution in [0.1, 0.15) is 35.2 Å². The molecule has 1 amide bonds. The minimum absolute atomic E-state index is 0.0186. The van der Waals surface area contributed by atoms with Crippen LogP contribution >= 0.6 is 0 Å². The lowest BCUT2D eigenvalue weighted by atomic mass is 9.85. The molecule has 2 aliphatic carbocycles. The number of nitrogens with zero attached hydrogens (tertiary/aromatic N) is 1. The molecule has 0 aromatic heterocycles. The molecule has 4 unspecified atom stereocenters. The Kier molecular flexibility index (Phi) is 3.87. The first-order valence-corrected chi connectivity index (χ1v) is 7.68. The number of aliphatic hydroxyl groups is 1. The molecule has 2 bridgehead atoms. The van der Waals surface area contributed by atoms with Gasteiger partial charge >= 0.3 is 0 Å². The number of hydrogen-bond donors (Lipinski definition) is 2. The second kappa shape index (κ2) is 5.68. The predicted octanol–water partition coefficient (Wildman–Crippen LogP) is 2.04. The average molecular weight is 304 g/mol. The van der Waals surface area contributed by atoms with Crippen LogP contribution in [0.5, 0.6) is 0 Å². The van der Waals surface area contributed by atoms with Gasteiger partial charge in [-0.15, -0.1) is 0 Å². The van der Waals surface area contributed by atoms with Crippen molar-refractivity contribution in [2.24, 2.45) is 17.8 Å². The summed E-state index contributed by atoms with van der Waals surface area (Å²) in [6.07, 6.45) is 3.27. The molecular formula is C16H20N2O4. The van der Waals surface area contributed by atoms with Crippen LogP contribution in [-0.4, -0.2) is 28.6 Å². The number of amides is 1. The maximum Gasteiger partial charge on any atom is 0.273 e. The summed E-state index contributed by atoms with van der Waals surface area (Å²) in [5.41, 5.74) is 0.682. The highest BCUT2D eigenvalue weighted by atomic mass is 16.6. The Balaban J connectivity index is 1.81. The number of rotatable bonds is 4. The second-order valence-corrected chi connectivity index (χ2v) is 6.39. The molecule has 2 N–H and O–H groups in total. The van der Waals surface area contributed by atoms with Crippen LogP contribution in [0.25, 0.3) is 0 Å². The van der Waals surface area contributed by atoms with E-state index in [2.05, 4.69) is 5.32 Å². The van der Waals surface area contributed by atoms with E-state index in [1.807, 2.05) is 0 Å². The molecule has 0 spiro atoms. The number of carbonyl (C=O) groups is 1. The minimum atomic E-state index is -0.472. The van der Waals surface area contributed by atoms with Crippen LogP contribution in [0.3, 0.4) is 0 Å². The highest BCUT2D eigenvalue weighted by molar-refractivity contribution is 5.96. The predicted molar refractivity (Wildman–Crippen MR) is 80.5 cm³/mol. The quantitative estimate of drug-likeness (QED) is 0.657. The Bertz CT molecular complexity index is 616. The summed E-state index contributed by atoms with van der Waals surface area (Å²) in [5, 5.41) is 23.6. The topological polar surface area (TPSA) is 92.5 Å². The van der Waals surface area contributed by atoms with Crippen LogP contribution in [0.4, 0.5) is 5.69 Å². The number of fused-ring (bicyclic) bond motifs is 2. The lowest BCUT2D eigenvalue weighted by Gasteiger charge is -2.30. The van der Waals surface area contributed by atoms with Crippen LogP contribution in [0.2, 0.25) is 0 Å². The first-order valence-electron chi connectivity index (χ1n) is 7.68. The highest BCUT2D eigenvalue weighted by Crippen LogP contribution is 2.48. The zero-order valence-corrected chi connectivity index (χ0v) is 12.5. The van der Waals surface area contributed by atoms with Crippen LogP contribution < -0.4 is 5.32 Å². The van der Waals surface area contributed by atoms with E-state index in [9.17, 15) is 20.0 Å². The number of nitrogens with one attached hydrogen (secondary N) is 1. The molecule has 2 saturated carbocycles. The maximum atomic E-state index is 12.5. The molecule has 3 rings (SSSR count). The van der Waals surface area contributed by atoms with Crippen molar-refractivity contribution in [1.82, 2.24) is 5.32 Å². The van der Waals surface area contributed by atoms with Crippen molar-refractivity contribution in [3.63, 3.8) is 0 Å². The highest BCUT2D eigenvalue weighted by Gasteiger charge is 2.47. The number of hydrogen-bond acceptors (Lipinski definition) is 4. The number of benzene rings is 1. The van der Waals surface area contributed by atoms with E-state index < -0.39 is 4.92 Å². The van der Waals surface area contributed by atoms with Crippen molar-refractivity contribution >= 4 is 11.6 Å². The Hall–Kier alpha value is -1.95. The third kappa shape index (κ3) is 2.37. The van der Waals surface area contributed by atoms with E-state index >= 15 is 0 Å². The van der Waals surface area contributed by atoms with Crippen LogP contribution in [0, 0.1) is 34.8 Å². The normalized spacial score (nSPS) is 29.5. The molecule has 22 heavy (non-hydrogen) atoms. The Morgan fingerprint density at radius 2 is 2.14 bits per heavy atom. The third-order valence-corrected chi connectivity index (χ3v) is 5.34. The molecule has 0 aliphatic heterocycles. The molecule has 1 aromatic rings. The van der Waals surface area contributed by atoms with E-state index in [0.29, 0.717) is 23.0 Å². The van der Waals surface area contributed by atoms with Crippen molar-refractivity contribution < 1.29 is 14.8 Å². The van der Waals surface area contributed by atoms with E-state index in [1.165, 1.54) is 12.1 Å². The fraction of sp³-hybridized carbons (Fsp3) is 0.562. The molecule has 4 atom stereocenters. The summed E-state index contributed by atoms with van der Waals surface area (Å²) in [6, 6.07) is 4.53. The van der Waals surface area contributed by atoms with Gasteiger partial charge in [0.15, 0.2) is 0 Å². The van der Waals surface area contributed by atoms with E-state index in [0.717, 1.165) is 19.3 Å². The maximum absolute atomic E-state index is 12.5. The Morgan fingerprint density at radius 3 is 2.82 bits per heavy atom. The van der Waals surface area contributed by atoms with E-state index in [4.69, 9.17) is 0 Å². The molecule has 6 nitrogen and oxygen atoms in total. The van der Waals surface area contributed by atoms with Gasteiger partial charge < -0.3 is 10.4 Å². The fourth-order valence-corrected chi connectivity index (χ4v) is 4.19. The van der Waals surface area contributed by atoms with Gasteiger partial charge in [0.05, 0.1) is 4.92 Å². The minimum Gasteiger partial charge on any atom is -0.396 e. The number of nitro groups is 1. The SMILES string of the molecule is Cc1c(C(=O)NC2C3CCC(C3)C2CO)cccc1[N+](=O)[O-]. The summed E-state index contributed by atoms with van der Waals surface area (Å²) in [7, 11) is 0. The summed E-state index contributed by atoms with van der Waals surface area (Å²) in [5.74, 6) is 0.746. The average Bonchev–Trinajstić information content (AvgIpc) is 3.08. The zero-order chi connectivity index (χ0) is 15.9. The van der Waals surface area contributed by atoms with Gasteiger partial charge in [0, 0.05) is 35.8 Å². The summed E-state index contributed by atoms with van der Waals surface area (Å²) >= 11 is 0. The van der Waals surface area contributed by atoms with E-state index in [-0.39, 0.29) is 30.2 Å². The van der Waals surface area contributed by atoms with Gasteiger partial charge in [-0.3, -0.25) is 14.9 Å². The lowest BCUT2D eigenvalue weighted by Crippen LogP contribution is -2.45. The monoisotopic (exact) mass is 304 g/mol. The molecule has 2 aliphatic rings. The first kappa shape index (κ1) is 15.0. The van der Waals surface area contributed by atoms with Crippen LogP contribution in [-0.2, 0) is 0 Å². The molecule has 0 saturated heterocycles. The standard InChI is InChI=1S/C16H20N2O4/c1-9-12(3-2-4-14(9)18(21)22)16(20)17-15-11-6-5-10(7-11)13(15)8-19/h2-4,10-11,13,15,19H,5-8H2,1H3,(H,17,20). The van der Waals surface area contributed by atoms with E-state index in [1.54, 1.807) is 13.0 Å². The number of aliphatic hydroxyl groups excluding tert-OH is 1. The molecule has 1 aromatic carbocycles. The van der Waals surface area contributed by atoms with Gasteiger partial charge in [-0.25, -0.2) is 0 Å². The van der Waals surface area contributed by atoms with Crippen molar-refractivity contribution in [2.75, 3.05) is 6.61 Å². The zero-order valence-electron chi connectivity index (χ0n) is 12.5. The fourth-order valence-electron chi connectivity index (χ4n) is 4.19. The van der Waals surface area contributed by atoms with Gasteiger partial charge in [0.2, 0.25) is 0 Å². The summed E-state index contributed by atoms with van der Waals surface area (Å²) < 4.78 is 0. The van der Waals surface area contributed by atoms with Gasteiger partial charge in [-0.1, -0.05) is 6.07 Å². The number of nitro benzene ring substituents is 1. The van der Waals surface area contributed by atoms with Crippen LogP contribution in [0.15, 0.2) is 18.2 Å². The van der Waals surface area contributed by atoms with Crippen molar-refractivity contribution in [3.05, 3.63) is 39.4 Å². The number of carbonyl (C=O) groups excluding carboxylic acids is 1. The smallest absolute Gasteiger partial charge is 0.273 e. The van der Waals surface area contributed by atoms with Gasteiger partial charge in [0.25, 0.3) is 11.6 Å².